The van der Waals surface area contributed by atoms with Gasteiger partial charge in [0.25, 0.3) is 5.91 Å². The van der Waals surface area contributed by atoms with Crippen LogP contribution in [0.5, 0.6) is 0 Å². The molecule has 1 saturated carbocycles. The number of thioether (sulfide) groups is 1. The third-order valence-electron chi connectivity index (χ3n) is 6.31. The van der Waals surface area contributed by atoms with Crippen molar-refractivity contribution in [3.05, 3.63) is 35.4 Å². The molecule has 2 fully saturated rings. The fourth-order valence-electron chi connectivity index (χ4n) is 4.59. The van der Waals surface area contributed by atoms with Gasteiger partial charge in [-0.25, -0.2) is 0 Å². The number of carbonyl (C=O) groups excluding carboxylic acids is 1. The normalized spacial score (nSPS) is 18.9. The van der Waals surface area contributed by atoms with E-state index in [-0.39, 0.29) is 29.9 Å². The molecule has 1 aromatic rings. The summed E-state index contributed by atoms with van der Waals surface area (Å²) < 4.78 is 0. The van der Waals surface area contributed by atoms with E-state index < -0.39 is 0 Å². The highest BCUT2D eigenvalue weighted by molar-refractivity contribution is 14.0. The lowest BCUT2D eigenvalue weighted by atomic mass is 9.94. The molecule has 174 valence electrons. The lowest BCUT2D eigenvalue weighted by Gasteiger charge is -2.43. The number of rotatable bonds is 7. The molecule has 0 aromatic heterocycles. The fraction of sp³-hybridized carbons (Fsp3) is 0.652. The molecule has 3 rings (SSSR count). The van der Waals surface area contributed by atoms with Crippen LogP contribution in [0.3, 0.4) is 0 Å². The predicted molar refractivity (Wildman–Crippen MR) is 143 cm³/mol. The van der Waals surface area contributed by atoms with Crippen LogP contribution in [0.2, 0.25) is 0 Å². The zero-order valence-electron chi connectivity index (χ0n) is 19.2. The van der Waals surface area contributed by atoms with Crippen molar-refractivity contribution in [2.75, 3.05) is 58.8 Å². The molecular weight excluding hydrogens is 521 g/mol. The van der Waals surface area contributed by atoms with Gasteiger partial charge in [0.15, 0.2) is 5.96 Å². The van der Waals surface area contributed by atoms with Crippen molar-refractivity contribution in [2.24, 2.45) is 4.99 Å². The summed E-state index contributed by atoms with van der Waals surface area (Å²) in [5.74, 6) is 3.42. The first kappa shape index (κ1) is 26.3. The average molecular weight is 560 g/mol. The Morgan fingerprint density at radius 3 is 2.55 bits per heavy atom. The second kappa shape index (κ2) is 12.9. The number of nitrogens with one attached hydrogen (secondary N) is 2. The topological polar surface area (TPSA) is 60.0 Å². The third kappa shape index (κ3) is 7.25. The number of aliphatic imine (C=N–C) groups is 1. The molecule has 1 aliphatic heterocycles. The number of carbonyl (C=O) groups is 1. The summed E-state index contributed by atoms with van der Waals surface area (Å²) in [5, 5.41) is 7.06. The van der Waals surface area contributed by atoms with Gasteiger partial charge >= 0.3 is 0 Å². The van der Waals surface area contributed by atoms with Crippen LogP contribution in [0.25, 0.3) is 0 Å². The number of benzene rings is 1. The summed E-state index contributed by atoms with van der Waals surface area (Å²) in [5.41, 5.74) is 2.19. The molecule has 0 bridgehead atoms. The van der Waals surface area contributed by atoms with E-state index in [0.717, 1.165) is 36.6 Å². The molecule has 0 spiro atoms. The molecule has 2 N–H and O–H groups in total. The van der Waals surface area contributed by atoms with E-state index in [2.05, 4.69) is 38.4 Å². The fourth-order valence-corrected chi connectivity index (χ4v) is 5.49. The molecule has 8 heteroatoms. The van der Waals surface area contributed by atoms with Crippen LogP contribution in [0.15, 0.2) is 29.3 Å². The number of hydrogen-bond donors (Lipinski definition) is 2. The molecular formula is C23H38IN5OS. The Hall–Kier alpha value is -1.00. The number of halogens is 1. The van der Waals surface area contributed by atoms with E-state index in [1.54, 1.807) is 19.0 Å². The molecule has 6 nitrogen and oxygen atoms in total. The van der Waals surface area contributed by atoms with Crippen molar-refractivity contribution in [3.8, 4) is 0 Å². The maximum atomic E-state index is 12.2. The average Bonchev–Trinajstić information content (AvgIpc) is 3.26. The van der Waals surface area contributed by atoms with E-state index >= 15 is 0 Å². The maximum absolute atomic E-state index is 12.2. The molecule has 1 amide bonds. The maximum Gasteiger partial charge on any atom is 0.253 e. The minimum Gasteiger partial charge on any atom is -0.356 e. The Labute approximate surface area is 209 Å². The lowest BCUT2D eigenvalue weighted by Crippen LogP contribution is -2.57. The molecule has 0 radical (unpaired) electrons. The van der Waals surface area contributed by atoms with Gasteiger partial charge in [0.2, 0.25) is 0 Å². The largest absolute Gasteiger partial charge is 0.356 e. The minimum atomic E-state index is 0. The zero-order chi connectivity index (χ0) is 21.4. The number of hydrogen-bond acceptors (Lipinski definition) is 4. The summed E-state index contributed by atoms with van der Waals surface area (Å²) in [4.78, 5) is 20.9. The van der Waals surface area contributed by atoms with Gasteiger partial charge in [-0.2, -0.15) is 11.8 Å². The minimum absolute atomic E-state index is 0. The van der Waals surface area contributed by atoms with Crippen LogP contribution in [0.1, 0.15) is 41.6 Å². The Bertz CT molecular complexity index is 730. The highest BCUT2D eigenvalue weighted by Crippen LogP contribution is 2.36. The Balaban J connectivity index is 0.00000341. The van der Waals surface area contributed by atoms with Gasteiger partial charge in [-0.1, -0.05) is 25.0 Å². The van der Waals surface area contributed by atoms with Gasteiger partial charge in [-0.3, -0.25) is 14.7 Å². The van der Waals surface area contributed by atoms with Crippen molar-refractivity contribution in [1.82, 2.24) is 20.4 Å². The second-order valence-electron chi connectivity index (χ2n) is 8.53. The Morgan fingerprint density at radius 2 is 1.90 bits per heavy atom. The summed E-state index contributed by atoms with van der Waals surface area (Å²) in [6.07, 6.45) is 6.09. The SMILES string of the molecule is CN=C(NCCc1cccc(C(=O)N(C)C)c1)NCC1(N2CCSCC2)CCCC1.I. The van der Waals surface area contributed by atoms with Gasteiger partial charge in [0.1, 0.15) is 0 Å². The van der Waals surface area contributed by atoms with Crippen LogP contribution in [-0.4, -0.2) is 86.0 Å². The van der Waals surface area contributed by atoms with Crippen LogP contribution in [0, 0.1) is 0 Å². The van der Waals surface area contributed by atoms with Crippen molar-refractivity contribution in [3.63, 3.8) is 0 Å². The van der Waals surface area contributed by atoms with Crippen LogP contribution < -0.4 is 10.6 Å². The number of guanidine groups is 1. The van der Waals surface area contributed by atoms with Gasteiger partial charge in [-0.05, 0) is 37.0 Å². The molecule has 1 aliphatic carbocycles. The summed E-state index contributed by atoms with van der Waals surface area (Å²) in [6.45, 7) is 4.16. The highest BCUT2D eigenvalue weighted by atomic mass is 127. The molecule has 2 aliphatic rings. The number of amides is 1. The zero-order valence-corrected chi connectivity index (χ0v) is 22.3. The smallest absolute Gasteiger partial charge is 0.253 e. The molecule has 0 unspecified atom stereocenters. The quantitative estimate of drug-likeness (QED) is 0.306. The lowest BCUT2D eigenvalue weighted by molar-refractivity contribution is 0.0827. The first-order valence-corrected chi connectivity index (χ1v) is 12.3. The van der Waals surface area contributed by atoms with Gasteiger partial charge in [0, 0.05) is 69.9 Å². The Morgan fingerprint density at radius 1 is 1.19 bits per heavy atom. The van der Waals surface area contributed by atoms with Crippen LogP contribution >= 0.6 is 35.7 Å². The molecule has 1 heterocycles. The monoisotopic (exact) mass is 559 g/mol. The number of nitrogens with zero attached hydrogens (tertiary/aromatic N) is 3. The van der Waals surface area contributed by atoms with Crippen molar-refractivity contribution >= 4 is 47.6 Å². The van der Waals surface area contributed by atoms with E-state index in [1.807, 2.05) is 25.2 Å². The first-order chi connectivity index (χ1) is 14.5. The van der Waals surface area contributed by atoms with Crippen LogP contribution in [-0.2, 0) is 6.42 Å². The summed E-state index contributed by atoms with van der Waals surface area (Å²) in [7, 11) is 5.41. The molecule has 31 heavy (non-hydrogen) atoms. The van der Waals surface area contributed by atoms with Crippen molar-refractivity contribution in [2.45, 2.75) is 37.6 Å². The van der Waals surface area contributed by atoms with Crippen molar-refractivity contribution < 1.29 is 4.79 Å². The van der Waals surface area contributed by atoms with E-state index in [9.17, 15) is 4.79 Å². The standard InChI is InChI=1S/C23H37N5OS.HI/c1-24-22(25-12-9-19-7-6-8-20(17-19)21(29)27(2)3)26-18-23(10-4-5-11-23)28-13-15-30-16-14-28;/h6-8,17H,4-5,9-16,18H2,1-3H3,(H2,24,25,26);1H. The third-order valence-corrected chi connectivity index (χ3v) is 7.25. The van der Waals surface area contributed by atoms with E-state index in [4.69, 9.17) is 0 Å². The van der Waals surface area contributed by atoms with Gasteiger partial charge in [-0.15, -0.1) is 24.0 Å². The summed E-state index contributed by atoms with van der Waals surface area (Å²) in [6, 6.07) is 7.90. The van der Waals surface area contributed by atoms with Crippen LogP contribution in [0.4, 0.5) is 0 Å². The second-order valence-corrected chi connectivity index (χ2v) is 9.76. The first-order valence-electron chi connectivity index (χ1n) is 11.1. The van der Waals surface area contributed by atoms with E-state index in [0.29, 0.717) is 5.54 Å². The van der Waals surface area contributed by atoms with Gasteiger partial charge < -0.3 is 15.5 Å². The molecule has 1 aromatic carbocycles. The van der Waals surface area contributed by atoms with Gasteiger partial charge in [0.05, 0.1) is 0 Å². The highest BCUT2D eigenvalue weighted by Gasteiger charge is 2.39. The van der Waals surface area contributed by atoms with E-state index in [1.165, 1.54) is 50.3 Å². The van der Waals surface area contributed by atoms with Crippen molar-refractivity contribution in [1.29, 1.82) is 0 Å². The predicted octanol–water partition coefficient (Wildman–Crippen LogP) is 3.08. The summed E-state index contributed by atoms with van der Waals surface area (Å²) >= 11 is 2.08. The Kier molecular flexibility index (Phi) is 10.9. The molecule has 1 saturated heterocycles. The molecule has 0 atom stereocenters.